The Bertz CT molecular complexity index is 463. The first-order valence-electron chi connectivity index (χ1n) is 6.54. The Morgan fingerprint density at radius 3 is 2.57 bits per heavy atom. The standard InChI is InChI=1S/C14H19NO5.ClH/c1-18-12-8-11(14(16)17)9-13(10-12)20-7-4-15-2-5-19-6-3-15;/h8-10H,2-7H2,1H3,(H,16,17);1H. The number of carboxylic acids is 1. The van der Waals surface area contributed by atoms with Gasteiger partial charge in [-0.2, -0.15) is 0 Å². The van der Waals surface area contributed by atoms with Crippen molar-refractivity contribution in [1.82, 2.24) is 4.90 Å². The number of halogens is 1. The van der Waals surface area contributed by atoms with Crippen LogP contribution in [-0.4, -0.2) is 62.5 Å². The first kappa shape index (κ1) is 17.6. The molecule has 0 unspecified atom stereocenters. The summed E-state index contributed by atoms with van der Waals surface area (Å²) in [5.41, 5.74) is 0.158. The quantitative estimate of drug-likeness (QED) is 0.858. The molecule has 0 aromatic heterocycles. The van der Waals surface area contributed by atoms with Gasteiger partial charge >= 0.3 is 5.97 Å². The third kappa shape index (κ3) is 5.41. The molecule has 118 valence electrons. The molecule has 1 N–H and O–H groups in total. The zero-order valence-electron chi connectivity index (χ0n) is 11.9. The van der Waals surface area contributed by atoms with E-state index in [9.17, 15) is 4.79 Å². The van der Waals surface area contributed by atoms with E-state index in [1.54, 1.807) is 6.07 Å². The molecular weight excluding hydrogens is 298 g/mol. The van der Waals surface area contributed by atoms with Crippen LogP contribution in [0.2, 0.25) is 0 Å². The minimum Gasteiger partial charge on any atom is -0.497 e. The largest absolute Gasteiger partial charge is 0.497 e. The van der Waals surface area contributed by atoms with E-state index in [4.69, 9.17) is 19.3 Å². The zero-order chi connectivity index (χ0) is 14.4. The minimum absolute atomic E-state index is 0. The molecule has 21 heavy (non-hydrogen) atoms. The highest BCUT2D eigenvalue weighted by molar-refractivity contribution is 5.88. The van der Waals surface area contributed by atoms with Gasteiger partial charge in [0.25, 0.3) is 0 Å². The summed E-state index contributed by atoms with van der Waals surface area (Å²) in [6.45, 7) is 4.61. The van der Waals surface area contributed by atoms with Crippen LogP contribution in [-0.2, 0) is 4.74 Å². The monoisotopic (exact) mass is 317 g/mol. The molecule has 0 radical (unpaired) electrons. The van der Waals surface area contributed by atoms with Gasteiger partial charge in [-0.3, -0.25) is 4.90 Å². The fourth-order valence-electron chi connectivity index (χ4n) is 2.01. The Morgan fingerprint density at radius 2 is 1.95 bits per heavy atom. The van der Waals surface area contributed by atoms with Gasteiger partial charge in [0, 0.05) is 25.7 Å². The molecular formula is C14H20ClNO5. The van der Waals surface area contributed by atoms with Crippen LogP contribution in [0.15, 0.2) is 18.2 Å². The van der Waals surface area contributed by atoms with Crippen molar-refractivity contribution in [3.63, 3.8) is 0 Å². The van der Waals surface area contributed by atoms with E-state index in [-0.39, 0.29) is 18.0 Å². The third-order valence-corrected chi connectivity index (χ3v) is 3.14. The summed E-state index contributed by atoms with van der Waals surface area (Å²) in [4.78, 5) is 13.3. The van der Waals surface area contributed by atoms with E-state index < -0.39 is 5.97 Å². The Labute approximate surface area is 130 Å². The summed E-state index contributed by atoms with van der Waals surface area (Å²) in [5, 5.41) is 9.03. The maximum Gasteiger partial charge on any atom is 0.335 e. The van der Waals surface area contributed by atoms with Gasteiger partial charge in [-0.1, -0.05) is 0 Å². The topological polar surface area (TPSA) is 68.2 Å². The third-order valence-electron chi connectivity index (χ3n) is 3.14. The van der Waals surface area contributed by atoms with E-state index >= 15 is 0 Å². The molecule has 1 aromatic rings. The summed E-state index contributed by atoms with van der Waals surface area (Å²) in [6.07, 6.45) is 0. The van der Waals surface area contributed by atoms with E-state index in [0.29, 0.717) is 18.1 Å². The predicted octanol–water partition coefficient (Wildman–Crippen LogP) is 1.53. The summed E-state index contributed by atoms with van der Waals surface area (Å²) in [6, 6.07) is 4.66. The highest BCUT2D eigenvalue weighted by Crippen LogP contribution is 2.22. The molecule has 0 spiro atoms. The summed E-state index contributed by atoms with van der Waals surface area (Å²) < 4.78 is 16.0. The molecule has 0 amide bonds. The first-order chi connectivity index (χ1) is 9.69. The molecule has 6 nitrogen and oxygen atoms in total. The van der Waals surface area contributed by atoms with Gasteiger partial charge in [-0.05, 0) is 12.1 Å². The summed E-state index contributed by atoms with van der Waals surface area (Å²) in [7, 11) is 1.50. The maximum absolute atomic E-state index is 11.0. The zero-order valence-corrected chi connectivity index (χ0v) is 12.7. The molecule has 1 heterocycles. The lowest BCUT2D eigenvalue weighted by atomic mass is 10.2. The van der Waals surface area contributed by atoms with Crippen molar-refractivity contribution < 1.29 is 24.1 Å². The number of nitrogens with zero attached hydrogens (tertiary/aromatic N) is 1. The van der Waals surface area contributed by atoms with Crippen LogP contribution >= 0.6 is 12.4 Å². The van der Waals surface area contributed by atoms with Crippen LogP contribution in [0, 0.1) is 0 Å². The van der Waals surface area contributed by atoms with Gasteiger partial charge in [0.1, 0.15) is 18.1 Å². The Kier molecular flexibility index (Phi) is 7.28. The van der Waals surface area contributed by atoms with Crippen LogP contribution in [0.1, 0.15) is 10.4 Å². The van der Waals surface area contributed by atoms with Crippen LogP contribution in [0.4, 0.5) is 0 Å². The number of benzene rings is 1. The number of hydrogen-bond donors (Lipinski definition) is 1. The lowest BCUT2D eigenvalue weighted by molar-refractivity contribution is 0.0322. The van der Waals surface area contributed by atoms with Crippen molar-refractivity contribution in [2.75, 3.05) is 46.6 Å². The number of hydrogen-bond acceptors (Lipinski definition) is 5. The molecule has 1 saturated heterocycles. The molecule has 1 aromatic carbocycles. The van der Waals surface area contributed by atoms with Crippen LogP contribution in [0.25, 0.3) is 0 Å². The smallest absolute Gasteiger partial charge is 0.335 e. The molecule has 0 atom stereocenters. The average Bonchev–Trinajstić information content (AvgIpc) is 2.48. The fraction of sp³-hybridized carbons (Fsp3) is 0.500. The first-order valence-corrected chi connectivity index (χ1v) is 6.54. The number of morpholine rings is 1. The lowest BCUT2D eigenvalue weighted by Gasteiger charge is -2.26. The summed E-state index contributed by atoms with van der Waals surface area (Å²) >= 11 is 0. The van der Waals surface area contributed by atoms with E-state index in [1.165, 1.54) is 19.2 Å². The van der Waals surface area contributed by atoms with Crippen LogP contribution < -0.4 is 9.47 Å². The van der Waals surface area contributed by atoms with Crippen molar-refractivity contribution in [1.29, 1.82) is 0 Å². The predicted molar refractivity (Wildman–Crippen MR) is 80.0 cm³/mol. The number of aromatic carboxylic acids is 1. The van der Waals surface area contributed by atoms with E-state index in [2.05, 4.69) is 4.90 Å². The SMILES string of the molecule is COc1cc(OCCN2CCOCC2)cc(C(=O)O)c1.Cl. The second-order valence-electron chi connectivity index (χ2n) is 4.50. The fourth-order valence-corrected chi connectivity index (χ4v) is 2.01. The van der Waals surface area contributed by atoms with Gasteiger partial charge in [-0.15, -0.1) is 12.4 Å². The van der Waals surface area contributed by atoms with Crippen LogP contribution in [0.5, 0.6) is 11.5 Å². The number of methoxy groups -OCH3 is 1. The molecule has 1 fully saturated rings. The van der Waals surface area contributed by atoms with Crippen molar-refractivity contribution in [3.05, 3.63) is 23.8 Å². The van der Waals surface area contributed by atoms with Crippen molar-refractivity contribution in [2.24, 2.45) is 0 Å². The lowest BCUT2D eigenvalue weighted by Crippen LogP contribution is -2.38. The summed E-state index contributed by atoms with van der Waals surface area (Å²) in [5.74, 6) is -0.0109. The Hall–Kier alpha value is -1.50. The molecule has 7 heteroatoms. The minimum atomic E-state index is -0.998. The van der Waals surface area contributed by atoms with Gasteiger partial charge in [0.2, 0.25) is 0 Å². The number of rotatable bonds is 6. The highest BCUT2D eigenvalue weighted by Gasteiger charge is 2.11. The number of carbonyl (C=O) groups is 1. The van der Waals surface area contributed by atoms with Crippen LogP contribution in [0.3, 0.4) is 0 Å². The normalized spacial score (nSPS) is 15.1. The second-order valence-corrected chi connectivity index (χ2v) is 4.50. The van der Waals surface area contributed by atoms with Gasteiger partial charge < -0.3 is 19.3 Å². The number of carboxylic acid groups (broad SMARTS) is 1. The maximum atomic E-state index is 11.0. The van der Waals surface area contributed by atoms with E-state index in [0.717, 1.165) is 32.8 Å². The Balaban J connectivity index is 0.00000220. The van der Waals surface area contributed by atoms with Gasteiger partial charge in [0.15, 0.2) is 0 Å². The average molecular weight is 318 g/mol. The van der Waals surface area contributed by atoms with E-state index in [1.807, 2.05) is 0 Å². The molecule has 1 aliphatic rings. The van der Waals surface area contributed by atoms with Gasteiger partial charge in [0.05, 0.1) is 25.9 Å². The van der Waals surface area contributed by atoms with Crippen molar-refractivity contribution in [3.8, 4) is 11.5 Å². The molecule has 2 rings (SSSR count). The second kappa shape index (κ2) is 8.71. The number of ether oxygens (including phenoxy) is 3. The van der Waals surface area contributed by atoms with Crippen molar-refractivity contribution >= 4 is 18.4 Å². The molecule has 0 bridgehead atoms. The molecule has 0 saturated carbocycles. The van der Waals surface area contributed by atoms with Gasteiger partial charge in [-0.25, -0.2) is 4.79 Å². The highest BCUT2D eigenvalue weighted by atomic mass is 35.5. The van der Waals surface area contributed by atoms with Crippen molar-refractivity contribution in [2.45, 2.75) is 0 Å². The molecule has 1 aliphatic heterocycles. The molecule has 0 aliphatic carbocycles. The Morgan fingerprint density at radius 1 is 1.29 bits per heavy atom.